The molecule has 6 nitrogen and oxygen atoms in total. The van der Waals surface area contributed by atoms with Crippen LogP contribution in [0.15, 0.2) is 59.7 Å². The zero-order valence-electron chi connectivity index (χ0n) is 17.3. The predicted molar refractivity (Wildman–Crippen MR) is 114 cm³/mol. The Kier molecular flexibility index (Phi) is 4.22. The van der Waals surface area contributed by atoms with Gasteiger partial charge in [-0.3, -0.25) is 19.7 Å². The molecule has 2 atom stereocenters. The number of benzene rings is 2. The van der Waals surface area contributed by atoms with E-state index in [1.807, 2.05) is 38.1 Å². The molecule has 0 aliphatic heterocycles. The van der Waals surface area contributed by atoms with Gasteiger partial charge in [-0.2, -0.15) is 0 Å². The Morgan fingerprint density at radius 3 is 2.58 bits per heavy atom. The van der Waals surface area contributed by atoms with Gasteiger partial charge in [-0.1, -0.05) is 23.8 Å². The van der Waals surface area contributed by atoms with Crippen molar-refractivity contribution in [3.63, 3.8) is 0 Å². The molecule has 2 aromatic carbocycles. The summed E-state index contributed by atoms with van der Waals surface area (Å²) in [6.45, 7) is 3.98. The van der Waals surface area contributed by atoms with Gasteiger partial charge in [0, 0.05) is 29.5 Å². The molecule has 0 aromatic heterocycles. The quantitative estimate of drug-likeness (QED) is 0.406. The highest BCUT2D eigenvalue weighted by Crippen LogP contribution is 2.65. The minimum atomic E-state index is -0.593. The van der Waals surface area contributed by atoms with E-state index in [4.69, 9.17) is 4.74 Å². The Hall–Kier alpha value is -3.54. The number of ketones is 1. The maximum absolute atomic E-state index is 13.5. The van der Waals surface area contributed by atoms with E-state index in [1.165, 1.54) is 12.1 Å². The Balaban J connectivity index is 1.50. The molecular formula is C25H21NO5. The van der Waals surface area contributed by atoms with Crippen LogP contribution >= 0.6 is 0 Å². The lowest BCUT2D eigenvalue weighted by Crippen LogP contribution is -2.40. The number of carbonyl (C=O) groups excluding carboxylic acids is 2. The molecule has 156 valence electrons. The highest BCUT2D eigenvalue weighted by Gasteiger charge is 2.59. The van der Waals surface area contributed by atoms with Gasteiger partial charge in [0.2, 0.25) is 0 Å². The molecule has 4 aliphatic carbocycles. The van der Waals surface area contributed by atoms with Crippen LogP contribution in [0.3, 0.4) is 0 Å². The number of fused-ring (bicyclic) bond motifs is 3. The van der Waals surface area contributed by atoms with E-state index >= 15 is 0 Å². The average molecular weight is 415 g/mol. The first-order chi connectivity index (χ1) is 14.8. The van der Waals surface area contributed by atoms with Gasteiger partial charge in [-0.15, -0.1) is 0 Å². The standard InChI is InChI=1S/C25H21NO5/c1-14-4-3-5-18-20-10-19-15(2)11-25(20,12-21(19)27)23(22(14)18)24(28)31-13-16-6-8-17(9-7-16)26(29)30/h3-10,23H,11-13H2,1-2H3/t23-,25+/m1/s1. The monoisotopic (exact) mass is 415 g/mol. The molecule has 31 heavy (non-hydrogen) atoms. The maximum Gasteiger partial charge on any atom is 0.314 e. The number of Topliss-reactive ketones (excluding diaryl/α,β-unsaturated/α-hetero) is 1. The SMILES string of the molecule is CC1=C2C=C3c4cccc(C)c4[C@H](C(=O)OCc4ccc([N+](=O)[O-])cc4)[C@]3(CC2=O)C1. The summed E-state index contributed by atoms with van der Waals surface area (Å²) in [6, 6.07) is 12.0. The molecule has 6 rings (SSSR count). The van der Waals surface area contributed by atoms with Gasteiger partial charge >= 0.3 is 5.97 Å². The number of esters is 1. The third-order valence-electron chi connectivity index (χ3n) is 6.86. The number of allylic oxidation sites excluding steroid dienone is 4. The van der Waals surface area contributed by atoms with Crippen molar-refractivity contribution in [3.8, 4) is 0 Å². The third kappa shape index (κ3) is 2.78. The van der Waals surface area contributed by atoms with Crippen molar-refractivity contribution in [1.29, 1.82) is 0 Å². The normalized spacial score (nSPS) is 23.4. The number of aryl methyl sites for hydroxylation is 1. The fraction of sp³-hybridized carbons (Fsp3) is 0.280. The summed E-state index contributed by atoms with van der Waals surface area (Å²) >= 11 is 0. The molecule has 1 spiro atoms. The molecule has 6 heteroatoms. The molecule has 0 unspecified atom stereocenters. The van der Waals surface area contributed by atoms with E-state index in [2.05, 4.69) is 0 Å². The molecule has 2 aromatic rings. The Labute approximate surface area is 179 Å². The number of nitro benzene ring substituents is 1. The number of carbonyl (C=O) groups is 2. The van der Waals surface area contributed by atoms with E-state index in [9.17, 15) is 19.7 Å². The highest BCUT2D eigenvalue weighted by atomic mass is 16.6. The molecule has 0 saturated carbocycles. The van der Waals surface area contributed by atoms with Crippen LogP contribution in [0.4, 0.5) is 5.69 Å². The first-order valence-electron chi connectivity index (χ1n) is 10.3. The number of non-ortho nitro benzene ring substituents is 1. The van der Waals surface area contributed by atoms with Crippen molar-refractivity contribution in [2.75, 3.05) is 0 Å². The minimum Gasteiger partial charge on any atom is -0.460 e. The van der Waals surface area contributed by atoms with Crippen molar-refractivity contribution < 1.29 is 19.2 Å². The van der Waals surface area contributed by atoms with Gasteiger partial charge in [0.05, 0.1) is 10.8 Å². The predicted octanol–water partition coefficient (Wildman–Crippen LogP) is 4.81. The molecule has 0 amide bonds. The molecule has 0 fully saturated rings. The number of rotatable bonds is 4. The Bertz CT molecular complexity index is 1220. The number of nitrogens with zero attached hydrogens (tertiary/aromatic N) is 1. The maximum atomic E-state index is 13.5. The molecule has 0 N–H and O–H groups in total. The smallest absolute Gasteiger partial charge is 0.314 e. The lowest BCUT2D eigenvalue weighted by Gasteiger charge is -2.43. The number of ether oxygens (including phenoxy) is 1. The molecule has 4 aliphatic rings. The summed E-state index contributed by atoms with van der Waals surface area (Å²) in [5.41, 5.74) is 5.96. The molecule has 2 bridgehead atoms. The third-order valence-corrected chi connectivity index (χ3v) is 6.86. The summed E-state index contributed by atoms with van der Waals surface area (Å²) in [4.78, 5) is 36.6. The van der Waals surface area contributed by atoms with Gasteiger partial charge in [0.1, 0.15) is 6.61 Å². The van der Waals surface area contributed by atoms with Crippen LogP contribution in [0, 0.1) is 22.5 Å². The second-order valence-electron chi connectivity index (χ2n) is 8.69. The molecular weight excluding hydrogens is 394 g/mol. The number of hydrogen-bond donors (Lipinski definition) is 0. The first kappa shape index (κ1) is 19.4. The highest BCUT2D eigenvalue weighted by molar-refractivity contribution is 6.10. The second-order valence-corrected chi connectivity index (χ2v) is 8.69. The van der Waals surface area contributed by atoms with Gasteiger partial charge in [0.15, 0.2) is 5.78 Å². The van der Waals surface area contributed by atoms with E-state index in [1.54, 1.807) is 12.1 Å². The first-order valence-corrected chi connectivity index (χ1v) is 10.3. The van der Waals surface area contributed by atoms with Gasteiger partial charge in [-0.05, 0) is 66.3 Å². The van der Waals surface area contributed by atoms with Crippen molar-refractivity contribution in [2.24, 2.45) is 5.41 Å². The van der Waals surface area contributed by atoms with E-state index in [-0.39, 0.29) is 24.0 Å². The number of hydrogen-bond acceptors (Lipinski definition) is 5. The zero-order valence-corrected chi connectivity index (χ0v) is 17.3. The van der Waals surface area contributed by atoms with Crippen LogP contribution < -0.4 is 0 Å². The topological polar surface area (TPSA) is 86.5 Å². The van der Waals surface area contributed by atoms with Crippen molar-refractivity contribution in [1.82, 2.24) is 0 Å². The van der Waals surface area contributed by atoms with Crippen LogP contribution in [0.5, 0.6) is 0 Å². The largest absolute Gasteiger partial charge is 0.460 e. The Morgan fingerprint density at radius 2 is 1.90 bits per heavy atom. The summed E-state index contributed by atoms with van der Waals surface area (Å²) in [5, 5.41) is 10.8. The summed E-state index contributed by atoms with van der Waals surface area (Å²) in [7, 11) is 0. The Morgan fingerprint density at radius 1 is 1.16 bits per heavy atom. The molecule has 0 saturated heterocycles. The van der Waals surface area contributed by atoms with Gasteiger partial charge < -0.3 is 4.74 Å². The van der Waals surface area contributed by atoms with E-state index < -0.39 is 16.3 Å². The van der Waals surface area contributed by atoms with Gasteiger partial charge in [-0.25, -0.2) is 0 Å². The van der Waals surface area contributed by atoms with Crippen LogP contribution in [0.1, 0.15) is 47.9 Å². The second kappa shape index (κ2) is 6.74. The van der Waals surface area contributed by atoms with Crippen LogP contribution in [0.25, 0.3) is 5.57 Å². The fourth-order valence-electron chi connectivity index (χ4n) is 5.51. The lowest BCUT2D eigenvalue weighted by molar-refractivity contribution is -0.384. The van der Waals surface area contributed by atoms with Crippen LogP contribution in [0.2, 0.25) is 0 Å². The minimum absolute atomic E-state index is 0.00919. The van der Waals surface area contributed by atoms with Crippen molar-refractivity contribution >= 4 is 23.0 Å². The summed E-state index contributed by atoms with van der Waals surface area (Å²) in [5.74, 6) is -0.817. The zero-order chi connectivity index (χ0) is 21.9. The lowest BCUT2D eigenvalue weighted by atomic mass is 9.58. The van der Waals surface area contributed by atoms with Crippen molar-refractivity contribution in [3.05, 3.63) is 92.1 Å². The molecule has 0 radical (unpaired) electrons. The van der Waals surface area contributed by atoms with Crippen molar-refractivity contribution in [2.45, 2.75) is 39.2 Å². The fourth-order valence-corrected chi connectivity index (χ4v) is 5.51. The summed E-state index contributed by atoms with van der Waals surface area (Å²) in [6.07, 6.45) is 2.97. The molecule has 0 heterocycles. The summed E-state index contributed by atoms with van der Waals surface area (Å²) < 4.78 is 5.72. The van der Waals surface area contributed by atoms with E-state index in [0.29, 0.717) is 18.4 Å². The van der Waals surface area contributed by atoms with E-state index in [0.717, 1.165) is 33.4 Å². The van der Waals surface area contributed by atoms with Crippen LogP contribution in [-0.2, 0) is 20.9 Å². The van der Waals surface area contributed by atoms with Crippen LogP contribution in [-0.4, -0.2) is 16.7 Å². The number of nitro groups is 1. The average Bonchev–Trinajstić information content (AvgIpc) is 3.02. The van der Waals surface area contributed by atoms with Gasteiger partial charge in [0.25, 0.3) is 5.69 Å².